The van der Waals surface area contributed by atoms with Crippen LogP contribution in [0.3, 0.4) is 0 Å². The fourth-order valence-electron chi connectivity index (χ4n) is 3.49. The van der Waals surface area contributed by atoms with E-state index in [4.69, 9.17) is 10.7 Å². The fraction of sp³-hybridized carbons (Fsp3) is 0.111. The molecule has 0 unspecified atom stereocenters. The van der Waals surface area contributed by atoms with Gasteiger partial charge in [-0.05, 0) is 43.2 Å². The van der Waals surface area contributed by atoms with Gasteiger partial charge in [0, 0.05) is 17.3 Å². The van der Waals surface area contributed by atoms with Gasteiger partial charge in [-0.25, -0.2) is 18.1 Å². The van der Waals surface area contributed by atoms with Crippen LogP contribution in [0.2, 0.25) is 0 Å². The lowest BCUT2D eigenvalue weighted by molar-refractivity contribution is 0.592. The van der Waals surface area contributed by atoms with Crippen molar-refractivity contribution in [2.45, 2.75) is 25.3 Å². The Labute approximate surface area is 212 Å². The van der Waals surface area contributed by atoms with E-state index in [-0.39, 0.29) is 29.8 Å². The van der Waals surface area contributed by atoms with Crippen molar-refractivity contribution in [3.63, 3.8) is 0 Å². The summed E-state index contributed by atoms with van der Waals surface area (Å²) in [6, 6.07) is 26.6. The second-order valence-electron chi connectivity index (χ2n) is 8.09. The van der Waals surface area contributed by atoms with Crippen LogP contribution in [-0.2, 0) is 16.6 Å². The minimum absolute atomic E-state index is 0. The summed E-state index contributed by atoms with van der Waals surface area (Å²) in [4.78, 5) is 9.08. The maximum absolute atomic E-state index is 12.5. The fourth-order valence-corrected chi connectivity index (χ4v) is 4.47. The number of nitrogens with one attached hydrogen (secondary N) is 1. The molecule has 0 aliphatic rings. The molecule has 0 fully saturated rings. The topological polar surface area (TPSA) is 97.4 Å². The summed E-state index contributed by atoms with van der Waals surface area (Å²) < 4.78 is 27.2. The summed E-state index contributed by atoms with van der Waals surface area (Å²) in [5, 5.41) is 0. The van der Waals surface area contributed by atoms with Gasteiger partial charge in [0.25, 0.3) is 10.0 Å². The second kappa shape index (κ2) is 11.2. The largest absolute Gasteiger partial charge is 0.369 e. The molecule has 1 aromatic heterocycles. The first kappa shape index (κ1) is 25.9. The van der Waals surface area contributed by atoms with E-state index < -0.39 is 10.0 Å². The van der Waals surface area contributed by atoms with Gasteiger partial charge in [-0.1, -0.05) is 77.9 Å². The van der Waals surface area contributed by atoms with Crippen molar-refractivity contribution < 1.29 is 8.42 Å². The first-order valence-electron chi connectivity index (χ1n) is 10.8. The Hall–Kier alpha value is -3.68. The number of aryl methyl sites for hydroxylation is 2. The van der Waals surface area contributed by atoms with E-state index in [0.717, 1.165) is 27.9 Å². The third kappa shape index (κ3) is 6.47. The molecule has 0 saturated carbocycles. The molecule has 0 atom stereocenters. The Morgan fingerprint density at radius 2 is 1.46 bits per heavy atom. The van der Waals surface area contributed by atoms with E-state index in [1.54, 1.807) is 24.4 Å². The molecule has 35 heavy (non-hydrogen) atoms. The highest BCUT2D eigenvalue weighted by atomic mass is 35.5. The van der Waals surface area contributed by atoms with Crippen LogP contribution in [0.15, 0.2) is 101 Å². The lowest BCUT2D eigenvalue weighted by Crippen LogP contribution is -2.36. The number of aliphatic imine (C=N–C) groups is 1. The van der Waals surface area contributed by atoms with Crippen LogP contribution in [0, 0.1) is 13.8 Å². The normalized spacial score (nSPS) is 11.5. The number of pyridine rings is 1. The zero-order chi connectivity index (χ0) is 24.1. The predicted molar refractivity (Wildman–Crippen MR) is 144 cm³/mol. The van der Waals surface area contributed by atoms with E-state index in [0.29, 0.717) is 0 Å². The maximum Gasteiger partial charge on any atom is 0.264 e. The summed E-state index contributed by atoms with van der Waals surface area (Å²) in [7, 11) is -3.79. The SMILES string of the molecule is Cc1ccc(-c2cc(CN=C(N)NS(=O)(=O)c3ccccc3)cnc2-c2ccc(C)cc2)cc1.Cl. The Kier molecular flexibility index (Phi) is 8.27. The maximum atomic E-state index is 12.5. The molecule has 0 amide bonds. The van der Waals surface area contributed by atoms with Crippen LogP contribution >= 0.6 is 12.4 Å². The number of rotatable bonds is 6. The van der Waals surface area contributed by atoms with E-state index in [1.165, 1.54) is 23.3 Å². The standard InChI is InChI=1S/C27H26N4O2S.ClH/c1-19-8-12-22(13-9-19)25-16-21(17-29-26(25)23-14-10-20(2)11-15-23)18-30-27(28)31-34(32,33)24-6-4-3-5-7-24;/h3-17H,18H2,1-2H3,(H3,28,30,31);1H. The first-order valence-corrected chi connectivity index (χ1v) is 12.3. The van der Waals surface area contributed by atoms with Crippen molar-refractivity contribution >= 4 is 28.4 Å². The Balaban J connectivity index is 0.00000342. The Morgan fingerprint density at radius 1 is 0.886 bits per heavy atom. The number of nitrogens with zero attached hydrogens (tertiary/aromatic N) is 2. The molecule has 4 aromatic rings. The van der Waals surface area contributed by atoms with Crippen molar-refractivity contribution in [1.82, 2.24) is 9.71 Å². The molecular weight excluding hydrogens is 480 g/mol. The monoisotopic (exact) mass is 506 g/mol. The van der Waals surface area contributed by atoms with E-state index in [1.807, 2.05) is 13.0 Å². The molecule has 3 N–H and O–H groups in total. The van der Waals surface area contributed by atoms with Crippen LogP contribution in [0.5, 0.6) is 0 Å². The number of guanidine groups is 1. The average molecular weight is 507 g/mol. The van der Waals surface area contributed by atoms with E-state index >= 15 is 0 Å². The Bertz CT molecular complexity index is 1420. The molecule has 6 nitrogen and oxygen atoms in total. The summed E-state index contributed by atoms with van der Waals surface area (Å²) >= 11 is 0. The van der Waals surface area contributed by atoms with Gasteiger partial charge in [0.1, 0.15) is 0 Å². The molecule has 0 aliphatic heterocycles. The molecule has 0 spiro atoms. The van der Waals surface area contributed by atoms with Crippen molar-refractivity contribution in [3.05, 3.63) is 108 Å². The quantitative estimate of drug-likeness (QED) is 0.276. The highest BCUT2D eigenvalue weighted by molar-refractivity contribution is 7.90. The number of sulfonamides is 1. The summed E-state index contributed by atoms with van der Waals surface area (Å²) in [5.74, 6) is -0.177. The molecule has 180 valence electrons. The number of aromatic nitrogens is 1. The van der Waals surface area contributed by atoms with Crippen molar-refractivity contribution in [1.29, 1.82) is 0 Å². The lowest BCUT2D eigenvalue weighted by atomic mass is 9.97. The highest BCUT2D eigenvalue weighted by Gasteiger charge is 2.15. The number of halogens is 1. The molecule has 8 heteroatoms. The predicted octanol–water partition coefficient (Wildman–Crippen LogP) is 5.25. The van der Waals surface area contributed by atoms with Gasteiger partial charge in [-0.15, -0.1) is 12.4 Å². The van der Waals surface area contributed by atoms with Crippen molar-refractivity contribution in [3.8, 4) is 22.4 Å². The van der Waals surface area contributed by atoms with Gasteiger partial charge in [0.2, 0.25) is 5.96 Å². The molecule has 0 aliphatic carbocycles. The van der Waals surface area contributed by atoms with Crippen molar-refractivity contribution in [2.75, 3.05) is 0 Å². The smallest absolute Gasteiger partial charge is 0.264 e. The number of hydrogen-bond acceptors (Lipinski definition) is 4. The molecule has 1 heterocycles. The average Bonchev–Trinajstić information content (AvgIpc) is 2.84. The molecule has 0 saturated heterocycles. The van der Waals surface area contributed by atoms with Crippen LogP contribution in [0.1, 0.15) is 16.7 Å². The van der Waals surface area contributed by atoms with Crippen molar-refractivity contribution in [2.24, 2.45) is 10.7 Å². The number of nitrogens with two attached hydrogens (primary N) is 1. The van der Waals surface area contributed by atoms with Gasteiger partial charge in [-0.2, -0.15) is 0 Å². The van der Waals surface area contributed by atoms with Gasteiger partial charge >= 0.3 is 0 Å². The Morgan fingerprint density at radius 3 is 2.06 bits per heavy atom. The second-order valence-corrected chi connectivity index (χ2v) is 9.77. The van der Waals surface area contributed by atoms with E-state index in [2.05, 4.69) is 65.2 Å². The highest BCUT2D eigenvalue weighted by Crippen LogP contribution is 2.31. The molecule has 3 aromatic carbocycles. The minimum atomic E-state index is -3.79. The molecule has 4 rings (SSSR count). The van der Waals surface area contributed by atoms with Gasteiger partial charge in [-0.3, -0.25) is 4.98 Å². The van der Waals surface area contributed by atoms with Crippen LogP contribution in [-0.4, -0.2) is 19.4 Å². The lowest BCUT2D eigenvalue weighted by Gasteiger charge is -2.12. The zero-order valence-electron chi connectivity index (χ0n) is 19.5. The van der Waals surface area contributed by atoms with Gasteiger partial charge in [0.15, 0.2) is 0 Å². The number of hydrogen-bond donors (Lipinski definition) is 2. The third-order valence-electron chi connectivity index (χ3n) is 5.36. The summed E-state index contributed by atoms with van der Waals surface area (Å²) in [6.07, 6.45) is 1.75. The first-order chi connectivity index (χ1) is 16.3. The van der Waals surface area contributed by atoms with Gasteiger partial charge in [0.05, 0.1) is 17.1 Å². The minimum Gasteiger partial charge on any atom is -0.369 e. The summed E-state index contributed by atoms with van der Waals surface area (Å²) in [5.41, 5.74) is 13.0. The van der Waals surface area contributed by atoms with Gasteiger partial charge < -0.3 is 5.73 Å². The molecule has 0 radical (unpaired) electrons. The van der Waals surface area contributed by atoms with Crippen LogP contribution in [0.25, 0.3) is 22.4 Å². The van der Waals surface area contributed by atoms with Crippen LogP contribution in [0.4, 0.5) is 0 Å². The molecular formula is C27H27ClN4O2S. The molecule has 0 bridgehead atoms. The number of benzene rings is 3. The third-order valence-corrected chi connectivity index (χ3v) is 6.73. The zero-order valence-corrected chi connectivity index (χ0v) is 21.1. The van der Waals surface area contributed by atoms with E-state index in [9.17, 15) is 8.42 Å². The summed E-state index contributed by atoms with van der Waals surface area (Å²) in [6.45, 7) is 4.28. The van der Waals surface area contributed by atoms with Crippen LogP contribution < -0.4 is 10.5 Å².